The maximum absolute atomic E-state index is 13.5. The van der Waals surface area contributed by atoms with E-state index in [-0.39, 0.29) is 17.4 Å². The summed E-state index contributed by atoms with van der Waals surface area (Å²) < 4.78 is 0. The van der Waals surface area contributed by atoms with Gasteiger partial charge in [-0.05, 0) is 66.8 Å². The smallest absolute Gasteiger partial charge is 0.225 e. The maximum atomic E-state index is 13.5. The number of rotatable bonds is 8. The van der Waals surface area contributed by atoms with Gasteiger partial charge in [0.1, 0.15) is 0 Å². The largest absolute Gasteiger partial charge is 0.354 e. The zero-order valence-corrected chi connectivity index (χ0v) is 24.5. The minimum Gasteiger partial charge on any atom is -0.354 e. The lowest BCUT2D eigenvalue weighted by atomic mass is 9.80. The van der Waals surface area contributed by atoms with Crippen LogP contribution in [0.15, 0.2) is 42.6 Å². The Hall–Kier alpha value is -2.95. The second kappa shape index (κ2) is 11.8. The molecule has 2 heterocycles. The van der Waals surface area contributed by atoms with E-state index in [2.05, 4.69) is 83.3 Å². The van der Waals surface area contributed by atoms with Gasteiger partial charge < -0.3 is 10.2 Å². The lowest BCUT2D eigenvalue weighted by Crippen LogP contribution is -2.41. The predicted octanol–water partition coefficient (Wildman–Crippen LogP) is 8.58. The van der Waals surface area contributed by atoms with Crippen molar-refractivity contribution in [3.8, 4) is 0 Å². The summed E-state index contributed by atoms with van der Waals surface area (Å²) in [7, 11) is 2.00. The topological polar surface area (TPSA) is 58.1 Å². The highest BCUT2D eigenvalue weighted by atomic mass is 16.2. The van der Waals surface area contributed by atoms with Gasteiger partial charge in [0.25, 0.3) is 0 Å². The molecule has 1 N–H and O–H groups in total. The number of carbonyl (C=O) groups is 1. The molecule has 5 nitrogen and oxygen atoms in total. The van der Waals surface area contributed by atoms with E-state index in [4.69, 9.17) is 9.97 Å². The van der Waals surface area contributed by atoms with E-state index < -0.39 is 0 Å². The molecule has 38 heavy (non-hydrogen) atoms. The molecule has 204 valence electrons. The van der Waals surface area contributed by atoms with E-state index in [0.717, 1.165) is 53.8 Å². The van der Waals surface area contributed by atoms with E-state index in [0.29, 0.717) is 11.8 Å². The van der Waals surface area contributed by atoms with Crippen LogP contribution in [0.5, 0.6) is 0 Å². The number of hydrogen-bond donors (Lipinski definition) is 1. The van der Waals surface area contributed by atoms with E-state index in [1.165, 1.54) is 30.4 Å². The van der Waals surface area contributed by atoms with Gasteiger partial charge in [0.15, 0.2) is 0 Å². The third kappa shape index (κ3) is 6.03. The van der Waals surface area contributed by atoms with Gasteiger partial charge in [-0.15, -0.1) is 0 Å². The molecule has 1 fully saturated rings. The van der Waals surface area contributed by atoms with E-state index in [1.54, 1.807) is 0 Å². The van der Waals surface area contributed by atoms with Crippen molar-refractivity contribution >= 4 is 28.3 Å². The van der Waals surface area contributed by atoms with Crippen LogP contribution in [0.25, 0.3) is 11.0 Å². The van der Waals surface area contributed by atoms with Crippen molar-refractivity contribution in [1.82, 2.24) is 14.9 Å². The third-order valence-corrected chi connectivity index (χ3v) is 8.29. The van der Waals surface area contributed by atoms with Gasteiger partial charge in [-0.3, -0.25) is 14.8 Å². The minimum atomic E-state index is -0.0807. The number of amides is 1. The van der Waals surface area contributed by atoms with Crippen molar-refractivity contribution < 1.29 is 4.79 Å². The second-order valence-electron chi connectivity index (χ2n) is 12.2. The number of anilines is 2. The molecule has 0 aliphatic heterocycles. The molecule has 2 aromatic heterocycles. The number of carbonyl (C=O) groups excluding carboxylic acids is 1. The van der Waals surface area contributed by atoms with Gasteiger partial charge in [0, 0.05) is 29.9 Å². The summed E-state index contributed by atoms with van der Waals surface area (Å²) in [5.74, 6) is 0.818. The van der Waals surface area contributed by atoms with Crippen molar-refractivity contribution in [2.45, 2.75) is 98.4 Å². The first-order chi connectivity index (χ1) is 18.1. The zero-order chi connectivity index (χ0) is 27.4. The van der Waals surface area contributed by atoms with Crippen LogP contribution in [0.3, 0.4) is 0 Å². The Kier molecular flexibility index (Phi) is 8.74. The van der Waals surface area contributed by atoms with Gasteiger partial charge in [-0.1, -0.05) is 72.9 Å². The molecular formula is C33H46N4O. The lowest BCUT2D eigenvalue weighted by molar-refractivity contribution is -0.139. The Bertz CT molecular complexity index is 1240. The summed E-state index contributed by atoms with van der Waals surface area (Å²) in [6.45, 7) is 13.3. The predicted molar refractivity (Wildman–Crippen MR) is 159 cm³/mol. The molecule has 5 heteroatoms. The Labute approximate surface area is 229 Å². The quantitative estimate of drug-likeness (QED) is 0.327. The number of aromatic nitrogens is 2. The Morgan fingerprint density at radius 2 is 1.74 bits per heavy atom. The average Bonchev–Trinajstić information content (AvgIpc) is 2.92. The van der Waals surface area contributed by atoms with Crippen molar-refractivity contribution in [3.63, 3.8) is 0 Å². The summed E-state index contributed by atoms with van der Waals surface area (Å²) in [5.41, 5.74) is 7.36. The summed E-state index contributed by atoms with van der Waals surface area (Å²) >= 11 is 0. The van der Waals surface area contributed by atoms with Crippen molar-refractivity contribution in [1.29, 1.82) is 0 Å². The van der Waals surface area contributed by atoms with Crippen LogP contribution in [-0.2, 0) is 11.2 Å². The van der Waals surface area contributed by atoms with Gasteiger partial charge in [-0.2, -0.15) is 0 Å². The van der Waals surface area contributed by atoms with E-state index >= 15 is 0 Å². The monoisotopic (exact) mass is 514 g/mol. The number of aryl methyl sites for hydroxylation is 1. The summed E-state index contributed by atoms with van der Waals surface area (Å²) in [6, 6.07) is 12.8. The zero-order valence-electron chi connectivity index (χ0n) is 24.5. The summed E-state index contributed by atoms with van der Waals surface area (Å²) in [5, 5.41) is 3.64. The molecule has 0 radical (unpaired) electrons. The molecule has 3 aromatic rings. The molecule has 1 saturated carbocycles. The summed E-state index contributed by atoms with van der Waals surface area (Å²) in [6.07, 6.45) is 9.52. The molecule has 2 atom stereocenters. The molecule has 1 amide bonds. The minimum absolute atomic E-state index is 0.0145. The first-order valence-electron chi connectivity index (χ1n) is 14.6. The van der Waals surface area contributed by atoms with Crippen molar-refractivity contribution in [3.05, 3.63) is 59.4 Å². The first-order valence-corrected chi connectivity index (χ1v) is 14.6. The van der Waals surface area contributed by atoms with Gasteiger partial charge in [-0.25, -0.2) is 0 Å². The van der Waals surface area contributed by atoms with Gasteiger partial charge in [0.05, 0.1) is 29.0 Å². The maximum Gasteiger partial charge on any atom is 0.225 e. The number of hydrogen-bond acceptors (Lipinski definition) is 4. The number of fused-ring (bicyclic) bond motifs is 1. The molecule has 1 aliphatic carbocycles. The average molecular weight is 515 g/mol. The third-order valence-electron chi connectivity index (χ3n) is 8.29. The fourth-order valence-corrected chi connectivity index (χ4v) is 6.10. The van der Waals surface area contributed by atoms with Gasteiger partial charge in [0.2, 0.25) is 5.91 Å². The normalized spacial score (nSPS) is 16.3. The number of benzene rings is 1. The highest BCUT2D eigenvalue weighted by Crippen LogP contribution is 2.40. The molecule has 0 spiro atoms. The first kappa shape index (κ1) is 28.1. The van der Waals surface area contributed by atoms with E-state index in [1.807, 2.05) is 18.1 Å². The molecule has 0 saturated heterocycles. The second-order valence-corrected chi connectivity index (χ2v) is 12.2. The van der Waals surface area contributed by atoms with Crippen LogP contribution < -0.4 is 5.32 Å². The lowest BCUT2D eigenvalue weighted by Gasteiger charge is -2.40. The molecule has 0 bridgehead atoms. The molecule has 1 aromatic carbocycles. The van der Waals surface area contributed by atoms with Crippen LogP contribution in [-0.4, -0.2) is 27.8 Å². The van der Waals surface area contributed by atoms with Crippen molar-refractivity contribution in [2.24, 2.45) is 11.3 Å². The Morgan fingerprint density at radius 3 is 2.34 bits per heavy atom. The number of nitrogens with zero attached hydrogens (tertiary/aromatic N) is 3. The molecule has 4 rings (SSSR count). The molecular weight excluding hydrogens is 468 g/mol. The van der Waals surface area contributed by atoms with Crippen LogP contribution in [0.2, 0.25) is 0 Å². The van der Waals surface area contributed by atoms with E-state index in [9.17, 15) is 4.79 Å². The Balaban J connectivity index is 1.63. The molecule has 1 aliphatic rings. The SMILES string of the molecule is CCc1ccc2ncc(Nc3ccc([C@@H](N(C)C(=O)C4CCCCC4)C(C)(C)C)cc3)c([C@@H](C)CC)c2n1. The fraction of sp³-hybridized carbons (Fsp3) is 0.545. The van der Waals surface area contributed by atoms with Crippen LogP contribution in [0.4, 0.5) is 11.4 Å². The fourth-order valence-electron chi connectivity index (χ4n) is 6.10. The standard InChI is InChI=1S/C33H46N4O/c1-8-22(3)29-28(21-34-27-20-19-25(9-2)36-30(27)29)35-26-17-15-23(16-18-26)31(33(4,5)6)37(7)32(38)24-13-11-10-12-14-24/h15-22,24,31,35H,8-14H2,1-7H3/t22-,31+/m0/s1. The van der Waals surface area contributed by atoms with Gasteiger partial charge >= 0.3 is 0 Å². The summed E-state index contributed by atoms with van der Waals surface area (Å²) in [4.78, 5) is 25.2. The highest BCUT2D eigenvalue weighted by molar-refractivity contribution is 5.85. The van der Waals surface area contributed by atoms with Crippen LogP contribution in [0.1, 0.15) is 109 Å². The van der Waals surface area contributed by atoms with Crippen LogP contribution >= 0.6 is 0 Å². The number of nitrogens with one attached hydrogen (secondary N) is 1. The van der Waals surface area contributed by atoms with Crippen molar-refractivity contribution in [2.75, 3.05) is 12.4 Å². The highest BCUT2D eigenvalue weighted by Gasteiger charge is 2.35. The molecule has 0 unspecified atom stereocenters. The Morgan fingerprint density at radius 1 is 1.05 bits per heavy atom. The number of pyridine rings is 2. The van der Waals surface area contributed by atoms with Crippen LogP contribution in [0, 0.1) is 11.3 Å².